The summed E-state index contributed by atoms with van der Waals surface area (Å²) in [4.78, 5) is 28.6. The molecule has 0 atom stereocenters. The Bertz CT molecular complexity index is 1460. The monoisotopic (exact) mass is 591 g/mol. The molecule has 3 aromatic heterocycles. The molecular weight excluding hydrogens is 565 g/mol. The van der Waals surface area contributed by atoms with Crippen molar-refractivity contribution in [3.8, 4) is 11.5 Å². The zero-order chi connectivity index (χ0) is 26.9. The number of aromatic nitrogens is 5. The number of benzene rings is 1. The number of hydrogen-bond acceptors (Lipinski definition) is 9. The maximum atomic E-state index is 12.2. The summed E-state index contributed by atoms with van der Waals surface area (Å²) in [5, 5.41) is 22.2. The van der Waals surface area contributed by atoms with Gasteiger partial charge >= 0.3 is 173 Å². The number of rotatable bonds is 11. The molecule has 0 spiro atoms. The summed E-state index contributed by atoms with van der Waals surface area (Å²) in [5.41, 5.74) is 2.39. The second-order valence-corrected chi connectivity index (χ2v) is 10.8. The van der Waals surface area contributed by atoms with E-state index in [0.717, 1.165) is 47.2 Å². The molecule has 0 aliphatic carbocycles. The maximum absolute atomic E-state index is 12.2. The molecule has 4 aromatic rings. The number of carbonyl (C=O) groups excluding carboxylic acids is 2. The molecule has 198 valence electrons. The predicted octanol–water partition coefficient (Wildman–Crippen LogP) is 2.85. The molecule has 4 heterocycles. The molecule has 1 aliphatic heterocycles. The molecule has 0 saturated carbocycles. The Hall–Kier alpha value is -4.41. The Balaban J connectivity index is 1.01. The van der Waals surface area contributed by atoms with E-state index in [4.69, 9.17) is 9.47 Å². The molecule has 0 unspecified atom stereocenters. The van der Waals surface area contributed by atoms with Crippen molar-refractivity contribution >= 4 is 42.9 Å². The standard InChI is InChI=1S/C27H25N7O4Se/c35-24(13-9-18-8-11-21-22(15-18)38-17-37-21)29-23-12-10-19(31-32-23)5-1-2-7-26-33-34-27(39-26)30-25(36)16-20-6-3-4-14-28-20/h3-4,6,8-15H,1-2,5,7,16-17H2,(H,29,32,35)(H,30,34,36)/b13-9+. The third-order valence-electron chi connectivity index (χ3n) is 5.65. The zero-order valence-electron chi connectivity index (χ0n) is 20.9. The molecule has 5 rings (SSSR count). The van der Waals surface area contributed by atoms with Gasteiger partial charge in [0.1, 0.15) is 0 Å². The molecule has 2 amide bonds. The van der Waals surface area contributed by atoms with Crippen molar-refractivity contribution in [2.45, 2.75) is 32.1 Å². The van der Waals surface area contributed by atoms with E-state index in [1.165, 1.54) is 6.08 Å². The second kappa shape index (κ2) is 12.9. The molecule has 0 bridgehead atoms. The molecule has 0 fully saturated rings. The van der Waals surface area contributed by atoms with E-state index in [1.54, 1.807) is 18.3 Å². The first-order valence-corrected chi connectivity index (χ1v) is 14.1. The fourth-order valence-electron chi connectivity index (χ4n) is 3.73. The van der Waals surface area contributed by atoms with E-state index >= 15 is 0 Å². The quantitative estimate of drug-likeness (QED) is 0.153. The van der Waals surface area contributed by atoms with Crippen molar-refractivity contribution in [3.63, 3.8) is 0 Å². The summed E-state index contributed by atoms with van der Waals surface area (Å²) >= 11 is -0.0728. The molecule has 0 radical (unpaired) electrons. The van der Waals surface area contributed by atoms with E-state index in [1.807, 2.05) is 42.5 Å². The Morgan fingerprint density at radius 1 is 0.897 bits per heavy atom. The molecule has 2 N–H and O–H groups in total. The summed E-state index contributed by atoms with van der Waals surface area (Å²) in [7, 11) is 0. The summed E-state index contributed by atoms with van der Waals surface area (Å²) in [6.07, 6.45) is 8.43. The zero-order valence-corrected chi connectivity index (χ0v) is 22.6. The number of carbonyl (C=O) groups is 2. The molecule has 1 aliphatic rings. The first kappa shape index (κ1) is 26.2. The van der Waals surface area contributed by atoms with Crippen LogP contribution in [0.1, 0.15) is 34.4 Å². The van der Waals surface area contributed by atoms with Gasteiger partial charge in [0.2, 0.25) is 6.79 Å². The van der Waals surface area contributed by atoms with Crippen LogP contribution in [0, 0.1) is 0 Å². The van der Waals surface area contributed by atoms with Crippen LogP contribution < -0.4 is 20.1 Å². The number of amides is 2. The van der Waals surface area contributed by atoms with Crippen LogP contribution in [-0.4, -0.2) is 58.5 Å². The SMILES string of the molecule is O=C(/C=C/c1ccc2c(c1)OCO2)Nc1ccc(CCCCc2nnc(NC(=O)Cc3ccccn3)[se]2)nn1. The molecule has 11 nitrogen and oxygen atoms in total. The van der Waals surface area contributed by atoms with Crippen LogP contribution in [0.4, 0.5) is 10.5 Å². The van der Waals surface area contributed by atoms with Crippen molar-refractivity contribution in [1.29, 1.82) is 0 Å². The van der Waals surface area contributed by atoms with Crippen LogP contribution in [-0.2, 0) is 28.9 Å². The normalized spacial score (nSPS) is 12.0. The molecule has 12 heteroatoms. The van der Waals surface area contributed by atoms with E-state index in [2.05, 4.69) is 36.0 Å². The van der Waals surface area contributed by atoms with Crippen molar-refractivity contribution in [2.75, 3.05) is 17.4 Å². The Labute approximate surface area is 230 Å². The van der Waals surface area contributed by atoms with Gasteiger partial charge in [-0.1, -0.05) is 6.07 Å². The van der Waals surface area contributed by atoms with Gasteiger partial charge < -0.3 is 9.47 Å². The van der Waals surface area contributed by atoms with E-state index in [-0.39, 0.29) is 39.5 Å². The van der Waals surface area contributed by atoms with Crippen LogP contribution in [0.25, 0.3) is 6.08 Å². The Morgan fingerprint density at radius 2 is 1.79 bits per heavy atom. The van der Waals surface area contributed by atoms with Crippen molar-refractivity contribution in [3.05, 3.63) is 82.3 Å². The van der Waals surface area contributed by atoms with E-state index in [9.17, 15) is 9.59 Å². The van der Waals surface area contributed by atoms with Crippen LogP contribution in [0.3, 0.4) is 0 Å². The fraction of sp³-hybridized carbons (Fsp3) is 0.222. The van der Waals surface area contributed by atoms with Crippen molar-refractivity contribution < 1.29 is 19.1 Å². The Morgan fingerprint density at radius 3 is 2.64 bits per heavy atom. The van der Waals surface area contributed by atoms with Crippen LogP contribution in [0.15, 0.2) is 60.8 Å². The Kier molecular flexibility index (Phi) is 8.67. The van der Waals surface area contributed by atoms with Crippen molar-refractivity contribution in [2.24, 2.45) is 0 Å². The van der Waals surface area contributed by atoms with Gasteiger partial charge in [-0.25, -0.2) is 0 Å². The first-order chi connectivity index (χ1) is 19.1. The third-order valence-corrected chi connectivity index (χ3v) is 7.53. The molecule has 39 heavy (non-hydrogen) atoms. The molecule has 0 saturated heterocycles. The molecule has 1 aromatic carbocycles. The van der Waals surface area contributed by atoms with Gasteiger partial charge in [0.05, 0.1) is 0 Å². The van der Waals surface area contributed by atoms with Gasteiger partial charge in [0.25, 0.3) is 0 Å². The average Bonchev–Trinajstić information content (AvgIpc) is 3.60. The second-order valence-electron chi connectivity index (χ2n) is 8.60. The predicted molar refractivity (Wildman–Crippen MR) is 144 cm³/mol. The van der Waals surface area contributed by atoms with E-state index in [0.29, 0.717) is 22.0 Å². The summed E-state index contributed by atoms with van der Waals surface area (Å²) in [5.74, 6) is 1.31. The number of nitrogens with zero attached hydrogens (tertiary/aromatic N) is 5. The van der Waals surface area contributed by atoms with Gasteiger partial charge in [0, 0.05) is 0 Å². The van der Waals surface area contributed by atoms with Crippen molar-refractivity contribution in [1.82, 2.24) is 25.4 Å². The molecular formula is C27H25N7O4Se. The number of unbranched alkanes of at least 4 members (excludes halogenated alkanes) is 1. The summed E-state index contributed by atoms with van der Waals surface area (Å²) < 4.78 is 12.3. The number of ether oxygens (including phenoxy) is 2. The average molecular weight is 591 g/mol. The minimum absolute atomic E-state index is 0.0728. The van der Waals surface area contributed by atoms with Gasteiger partial charge in [-0.3, -0.25) is 0 Å². The third kappa shape index (κ3) is 7.79. The topological polar surface area (TPSA) is 141 Å². The summed E-state index contributed by atoms with van der Waals surface area (Å²) in [6, 6.07) is 14.6. The van der Waals surface area contributed by atoms with E-state index < -0.39 is 0 Å². The van der Waals surface area contributed by atoms with Crippen LogP contribution in [0.2, 0.25) is 0 Å². The first-order valence-electron chi connectivity index (χ1n) is 12.3. The number of nitrogens with one attached hydrogen (secondary N) is 2. The van der Waals surface area contributed by atoms with Crippen LogP contribution >= 0.6 is 0 Å². The number of anilines is 2. The van der Waals surface area contributed by atoms with Crippen LogP contribution in [0.5, 0.6) is 11.5 Å². The van der Waals surface area contributed by atoms with Gasteiger partial charge in [-0.2, -0.15) is 0 Å². The number of fused-ring (bicyclic) bond motifs is 1. The fourth-order valence-corrected chi connectivity index (χ4v) is 5.41. The van der Waals surface area contributed by atoms with Gasteiger partial charge in [-0.15, -0.1) is 0 Å². The number of hydrogen-bond donors (Lipinski definition) is 2. The summed E-state index contributed by atoms with van der Waals surface area (Å²) in [6.45, 7) is 0.207. The number of pyridine rings is 1. The minimum atomic E-state index is -0.302. The van der Waals surface area contributed by atoms with Gasteiger partial charge in [-0.05, 0) is 23.8 Å². The number of aryl methyl sites for hydroxylation is 2. The van der Waals surface area contributed by atoms with Gasteiger partial charge in [0.15, 0.2) is 11.5 Å².